The second kappa shape index (κ2) is 4.71. The Morgan fingerprint density at radius 3 is 2.74 bits per heavy atom. The van der Waals surface area contributed by atoms with E-state index >= 15 is 0 Å². The first-order chi connectivity index (χ1) is 9.09. The smallest absolute Gasteiger partial charge is 0.184 e. The van der Waals surface area contributed by atoms with Gasteiger partial charge in [-0.3, -0.25) is 0 Å². The molecule has 0 bridgehead atoms. The van der Waals surface area contributed by atoms with Crippen LogP contribution in [0.25, 0.3) is 11.0 Å². The first kappa shape index (κ1) is 12.8. The summed E-state index contributed by atoms with van der Waals surface area (Å²) in [6.45, 7) is 2.15. The number of imidazole rings is 1. The maximum atomic E-state index is 14.1. The summed E-state index contributed by atoms with van der Waals surface area (Å²) >= 11 is 5.31. The highest BCUT2D eigenvalue weighted by atomic mass is 32.1. The summed E-state index contributed by atoms with van der Waals surface area (Å²) in [5.74, 6) is -1.19. The van der Waals surface area contributed by atoms with Gasteiger partial charge >= 0.3 is 0 Å². The number of hydrogen-bond acceptors (Lipinski definition) is 1. The number of nitrogens with zero attached hydrogens (tertiary/aromatic N) is 1. The molecule has 1 aromatic carbocycles. The van der Waals surface area contributed by atoms with Gasteiger partial charge in [0, 0.05) is 6.04 Å². The van der Waals surface area contributed by atoms with Gasteiger partial charge in [0.1, 0.15) is 5.52 Å². The van der Waals surface area contributed by atoms with Crippen molar-refractivity contribution >= 4 is 23.3 Å². The van der Waals surface area contributed by atoms with Crippen molar-refractivity contribution in [3.63, 3.8) is 0 Å². The van der Waals surface area contributed by atoms with E-state index in [4.69, 9.17) is 12.2 Å². The standard InChI is InChI=1S/C14H16F2N2S/c1-8-4-2-3-5-11(8)18-13-10(17-14(18)19)7-6-9(15)12(13)16/h6-8,11H,2-5H2,1H3,(H,17,19). The molecule has 102 valence electrons. The molecule has 1 fully saturated rings. The van der Waals surface area contributed by atoms with Crippen molar-refractivity contribution in [1.29, 1.82) is 0 Å². The van der Waals surface area contributed by atoms with Crippen LogP contribution in [-0.4, -0.2) is 9.55 Å². The van der Waals surface area contributed by atoms with Crippen LogP contribution >= 0.6 is 12.2 Å². The number of H-pyrrole nitrogens is 1. The maximum Gasteiger partial charge on any atom is 0.184 e. The molecule has 19 heavy (non-hydrogen) atoms. The molecule has 0 amide bonds. The minimum atomic E-state index is -0.821. The summed E-state index contributed by atoms with van der Waals surface area (Å²) < 4.78 is 29.8. The zero-order valence-corrected chi connectivity index (χ0v) is 11.6. The lowest BCUT2D eigenvalue weighted by atomic mass is 9.85. The Morgan fingerprint density at radius 1 is 1.26 bits per heavy atom. The summed E-state index contributed by atoms with van der Waals surface area (Å²) in [5.41, 5.74) is 0.852. The highest BCUT2D eigenvalue weighted by molar-refractivity contribution is 7.71. The second-order valence-electron chi connectivity index (χ2n) is 5.39. The minimum Gasteiger partial charge on any atom is -0.330 e. The fourth-order valence-corrected chi connectivity index (χ4v) is 3.49. The Balaban J connectivity index is 2.25. The van der Waals surface area contributed by atoms with Crippen molar-refractivity contribution in [1.82, 2.24) is 9.55 Å². The molecule has 1 saturated carbocycles. The molecule has 0 saturated heterocycles. The monoisotopic (exact) mass is 282 g/mol. The first-order valence-electron chi connectivity index (χ1n) is 6.68. The maximum absolute atomic E-state index is 14.1. The molecule has 1 aliphatic rings. The molecule has 1 heterocycles. The third kappa shape index (κ3) is 2.00. The van der Waals surface area contributed by atoms with Crippen LogP contribution in [0.2, 0.25) is 0 Å². The third-order valence-corrected chi connectivity index (χ3v) is 4.47. The van der Waals surface area contributed by atoms with Gasteiger partial charge in [-0.05, 0) is 43.1 Å². The van der Waals surface area contributed by atoms with Crippen molar-refractivity contribution in [2.24, 2.45) is 5.92 Å². The van der Waals surface area contributed by atoms with Gasteiger partial charge in [0.2, 0.25) is 0 Å². The van der Waals surface area contributed by atoms with Gasteiger partial charge in [-0.2, -0.15) is 0 Å². The van der Waals surface area contributed by atoms with E-state index in [2.05, 4.69) is 11.9 Å². The number of aromatic nitrogens is 2. The van der Waals surface area contributed by atoms with E-state index in [0.29, 0.717) is 16.2 Å². The fourth-order valence-electron chi connectivity index (χ4n) is 3.15. The van der Waals surface area contributed by atoms with Gasteiger partial charge in [-0.1, -0.05) is 19.8 Å². The Bertz CT molecular complexity index is 674. The van der Waals surface area contributed by atoms with E-state index < -0.39 is 11.6 Å². The number of aromatic amines is 1. The highest BCUT2D eigenvalue weighted by Gasteiger charge is 2.26. The average molecular weight is 282 g/mol. The molecule has 0 spiro atoms. The predicted octanol–water partition coefficient (Wildman–Crippen LogP) is 4.73. The molecule has 3 rings (SSSR count). The molecule has 1 N–H and O–H groups in total. The lowest BCUT2D eigenvalue weighted by molar-refractivity contribution is 0.259. The van der Waals surface area contributed by atoms with E-state index in [1.54, 1.807) is 10.6 Å². The van der Waals surface area contributed by atoms with E-state index in [1.807, 2.05) is 0 Å². The largest absolute Gasteiger partial charge is 0.330 e. The Hall–Kier alpha value is -1.23. The summed E-state index contributed by atoms with van der Waals surface area (Å²) in [7, 11) is 0. The molecule has 2 unspecified atom stereocenters. The number of fused-ring (bicyclic) bond motifs is 1. The van der Waals surface area contributed by atoms with Gasteiger partial charge < -0.3 is 9.55 Å². The molecular weight excluding hydrogens is 266 g/mol. The number of hydrogen-bond donors (Lipinski definition) is 1. The van der Waals surface area contributed by atoms with Crippen molar-refractivity contribution in [2.45, 2.75) is 38.6 Å². The van der Waals surface area contributed by atoms with Crippen molar-refractivity contribution in [2.75, 3.05) is 0 Å². The van der Waals surface area contributed by atoms with Gasteiger partial charge in [0.15, 0.2) is 16.4 Å². The van der Waals surface area contributed by atoms with Gasteiger partial charge in [-0.15, -0.1) is 0 Å². The van der Waals surface area contributed by atoms with E-state index in [0.717, 1.165) is 25.3 Å². The second-order valence-corrected chi connectivity index (χ2v) is 5.77. The predicted molar refractivity (Wildman–Crippen MR) is 73.7 cm³/mol. The lowest BCUT2D eigenvalue weighted by Gasteiger charge is -2.30. The molecule has 5 heteroatoms. The zero-order valence-electron chi connectivity index (χ0n) is 10.7. The first-order valence-corrected chi connectivity index (χ1v) is 7.08. The summed E-state index contributed by atoms with van der Waals surface area (Å²) in [6.07, 6.45) is 4.39. The molecule has 2 aromatic rings. The molecule has 0 radical (unpaired) electrons. The van der Waals surface area contributed by atoms with Crippen LogP contribution in [0.3, 0.4) is 0 Å². The fraction of sp³-hybridized carbons (Fsp3) is 0.500. The minimum absolute atomic E-state index is 0.159. The molecule has 1 aromatic heterocycles. The average Bonchev–Trinajstić information content (AvgIpc) is 2.72. The van der Waals surface area contributed by atoms with E-state index in [-0.39, 0.29) is 11.6 Å². The van der Waals surface area contributed by atoms with Gasteiger partial charge in [0.25, 0.3) is 0 Å². The molecular formula is C14H16F2N2S. The van der Waals surface area contributed by atoms with E-state index in [9.17, 15) is 8.78 Å². The van der Waals surface area contributed by atoms with Crippen molar-refractivity contribution in [3.8, 4) is 0 Å². The molecule has 2 atom stereocenters. The van der Waals surface area contributed by atoms with Crippen molar-refractivity contribution in [3.05, 3.63) is 28.5 Å². The Kier molecular flexibility index (Phi) is 3.17. The molecule has 2 nitrogen and oxygen atoms in total. The number of nitrogens with one attached hydrogen (secondary N) is 1. The zero-order chi connectivity index (χ0) is 13.6. The SMILES string of the molecule is CC1CCCCC1n1c(=S)[nH]c2ccc(F)c(F)c21. The summed E-state index contributed by atoms with van der Waals surface area (Å²) in [4.78, 5) is 2.98. The lowest BCUT2D eigenvalue weighted by Crippen LogP contribution is -2.21. The van der Waals surface area contributed by atoms with Crippen LogP contribution in [0, 0.1) is 22.3 Å². The molecule has 1 aliphatic carbocycles. The number of rotatable bonds is 1. The molecule has 0 aliphatic heterocycles. The van der Waals surface area contributed by atoms with Gasteiger partial charge in [-0.25, -0.2) is 8.78 Å². The van der Waals surface area contributed by atoms with Crippen LogP contribution < -0.4 is 0 Å². The van der Waals surface area contributed by atoms with Crippen LogP contribution in [-0.2, 0) is 0 Å². The van der Waals surface area contributed by atoms with Gasteiger partial charge in [0.05, 0.1) is 5.52 Å². The quantitative estimate of drug-likeness (QED) is 0.750. The van der Waals surface area contributed by atoms with Crippen LogP contribution in [0.15, 0.2) is 12.1 Å². The number of halogens is 2. The summed E-state index contributed by atoms with van der Waals surface area (Å²) in [5, 5.41) is 0. The third-order valence-electron chi connectivity index (χ3n) is 4.17. The topological polar surface area (TPSA) is 20.7 Å². The van der Waals surface area contributed by atoms with Crippen LogP contribution in [0.5, 0.6) is 0 Å². The van der Waals surface area contributed by atoms with Crippen molar-refractivity contribution < 1.29 is 8.78 Å². The normalized spacial score (nSPS) is 23.9. The van der Waals surface area contributed by atoms with E-state index in [1.165, 1.54) is 6.42 Å². The Morgan fingerprint density at radius 2 is 2.00 bits per heavy atom. The number of benzene rings is 1. The Labute approximate surface area is 115 Å². The van der Waals surface area contributed by atoms with Crippen LogP contribution in [0.1, 0.15) is 38.6 Å². The summed E-state index contributed by atoms with van der Waals surface area (Å²) in [6, 6.07) is 2.84. The van der Waals surface area contributed by atoms with Crippen LogP contribution in [0.4, 0.5) is 8.78 Å². The highest BCUT2D eigenvalue weighted by Crippen LogP contribution is 2.36.